The Balaban J connectivity index is 1.50. The summed E-state index contributed by atoms with van der Waals surface area (Å²) in [7, 11) is 2.04. The van der Waals surface area contributed by atoms with Crippen molar-refractivity contribution < 1.29 is 9.47 Å². The Kier molecular flexibility index (Phi) is 4.63. The van der Waals surface area contributed by atoms with Crippen molar-refractivity contribution in [3.8, 4) is 11.5 Å². The lowest BCUT2D eigenvalue weighted by Gasteiger charge is -2.20. The first kappa shape index (κ1) is 18.6. The van der Waals surface area contributed by atoms with E-state index in [0.29, 0.717) is 19.0 Å². The maximum absolute atomic E-state index is 5.68. The van der Waals surface area contributed by atoms with E-state index < -0.39 is 0 Å². The molecular weight excluding hydrogens is 398 g/mol. The zero-order valence-electron chi connectivity index (χ0n) is 17.0. The maximum Gasteiger partial charge on any atom is 0.192 e. The molecule has 2 aromatic heterocycles. The fourth-order valence-electron chi connectivity index (χ4n) is 3.67. The number of nitrogens with zero attached hydrogens (tertiary/aromatic N) is 4. The van der Waals surface area contributed by atoms with Gasteiger partial charge in [0.15, 0.2) is 27.3 Å². The number of rotatable bonds is 4. The lowest BCUT2D eigenvalue weighted by Crippen LogP contribution is -2.15. The molecule has 0 bridgehead atoms. The van der Waals surface area contributed by atoms with Gasteiger partial charge in [-0.25, -0.2) is 15.0 Å². The molecule has 2 aromatic carbocycles. The molecule has 0 spiro atoms. The molecule has 0 aliphatic carbocycles. The number of benzene rings is 2. The van der Waals surface area contributed by atoms with Gasteiger partial charge in [0, 0.05) is 24.5 Å². The third-order valence-electron chi connectivity index (χ3n) is 5.05. The summed E-state index contributed by atoms with van der Waals surface area (Å²) >= 11 is 1.54. The van der Waals surface area contributed by atoms with Gasteiger partial charge in [0.1, 0.15) is 25.1 Å². The molecule has 1 N–H and O–H groups in total. The van der Waals surface area contributed by atoms with Crippen molar-refractivity contribution in [1.82, 2.24) is 15.0 Å². The van der Waals surface area contributed by atoms with E-state index in [1.165, 1.54) is 11.1 Å². The molecule has 0 radical (unpaired) electrons. The summed E-state index contributed by atoms with van der Waals surface area (Å²) in [6.45, 7) is 5.34. The molecule has 0 amide bonds. The third kappa shape index (κ3) is 3.29. The Bertz CT molecular complexity index is 1220. The Morgan fingerprint density at radius 3 is 2.57 bits per heavy atom. The number of anilines is 4. The van der Waals surface area contributed by atoms with Crippen LogP contribution >= 0.6 is 11.3 Å². The molecule has 0 atom stereocenters. The maximum atomic E-state index is 5.68. The Hall–Kier alpha value is -3.39. The predicted octanol–water partition coefficient (Wildman–Crippen LogP) is 4.99. The van der Waals surface area contributed by atoms with Crippen LogP contribution in [-0.4, -0.2) is 35.2 Å². The second-order valence-corrected chi connectivity index (χ2v) is 8.11. The summed E-state index contributed by atoms with van der Waals surface area (Å²) in [6, 6.07) is 12.1. The highest BCUT2D eigenvalue weighted by molar-refractivity contribution is 7.22. The van der Waals surface area contributed by atoms with Gasteiger partial charge in [0.25, 0.3) is 0 Å². The van der Waals surface area contributed by atoms with Crippen molar-refractivity contribution in [3.63, 3.8) is 0 Å². The third-order valence-corrected chi connectivity index (χ3v) is 6.09. The van der Waals surface area contributed by atoms with Crippen molar-refractivity contribution in [2.45, 2.75) is 13.8 Å². The van der Waals surface area contributed by atoms with Crippen LogP contribution in [0.25, 0.3) is 10.3 Å². The smallest absolute Gasteiger partial charge is 0.192 e. The van der Waals surface area contributed by atoms with Crippen molar-refractivity contribution in [3.05, 3.63) is 53.9 Å². The van der Waals surface area contributed by atoms with E-state index in [-0.39, 0.29) is 0 Å². The van der Waals surface area contributed by atoms with E-state index in [1.54, 1.807) is 17.7 Å². The quantitative estimate of drug-likeness (QED) is 0.500. The van der Waals surface area contributed by atoms with Crippen LogP contribution in [0.15, 0.2) is 42.7 Å². The molecule has 8 heteroatoms. The molecule has 30 heavy (non-hydrogen) atoms. The Morgan fingerprint density at radius 2 is 1.77 bits per heavy atom. The number of ether oxygens (including phenoxy) is 2. The fraction of sp³-hybridized carbons (Fsp3) is 0.227. The fourth-order valence-corrected chi connectivity index (χ4v) is 4.54. The molecule has 0 saturated carbocycles. The first-order valence-corrected chi connectivity index (χ1v) is 10.5. The minimum absolute atomic E-state index is 0.550. The zero-order valence-corrected chi connectivity index (χ0v) is 17.8. The SMILES string of the molecule is Cc1cccc(C)c1N(C)c1nc2c(Nc3ccc4c(c3)OCCO4)ncnc2s1. The highest BCUT2D eigenvalue weighted by atomic mass is 32.1. The van der Waals surface area contributed by atoms with Crippen LogP contribution in [0.5, 0.6) is 11.5 Å². The number of hydrogen-bond acceptors (Lipinski definition) is 8. The monoisotopic (exact) mass is 419 g/mol. The number of aryl methyl sites for hydroxylation is 2. The molecular formula is C22H21N5O2S. The molecule has 0 unspecified atom stereocenters. The standard InChI is InChI=1S/C22H21N5O2S/c1-13-5-4-6-14(2)19(13)27(3)22-26-18-20(23-12-24-21(18)30-22)25-15-7-8-16-17(11-15)29-10-9-28-16/h4-8,11-12H,9-10H2,1-3H3,(H,23,24,25). The lowest BCUT2D eigenvalue weighted by atomic mass is 10.1. The summed E-state index contributed by atoms with van der Waals surface area (Å²) in [5, 5.41) is 4.22. The highest BCUT2D eigenvalue weighted by Crippen LogP contribution is 2.38. The van der Waals surface area contributed by atoms with E-state index in [2.05, 4.69) is 52.2 Å². The summed E-state index contributed by atoms with van der Waals surface area (Å²) in [4.78, 5) is 16.7. The molecule has 5 rings (SSSR count). The molecule has 4 aromatic rings. The van der Waals surface area contributed by atoms with Gasteiger partial charge in [-0.05, 0) is 37.1 Å². The topological polar surface area (TPSA) is 72.4 Å². The normalized spacial score (nSPS) is 12.8. The lowest BCUT2D eigenvalue weighted by molar-refractivity contribution is 0.171. The van der Waals surface area contributed by atoms with Crippen molar-refractivity contribution in [1.29, 1.82) is 0 Å². The second kappa shape index (κ2) is 7.46. The number of hydrogen-bond donors (Lipinski definition) is 1. The van der Waals surface area contributed by atoms with E-state index in [0.717, 1.165) is 38.4 Å². The van der Waals surface area contributed by atoms with E-state index in [1.807, 2.05) is 25.2 Å². The highest BCUT2D eigenvalue weighted by Gasteiger charge is 2.18. The molecule has 7 nitrogen and oxygen atoms in total. The van der Waals surface area contributed by atoms with Crippen molar-refractivity contribution >= 4 is 44.0 Å². The van der Waals surface area contributed by atoms with Crippen LogP contribution < -0.4 is 19.7 Å². The minimum atomic E-state index is 0.550. The number of nitrogens with one attached hydrogen (secondary N) is 1. The van der Waals surface area contributed by atoms with Crippen molar-refractivity contribution in [2.24, 2.45) is 0 Å². The largest absolute Gasteiger partial charge is 0.486 e. The molecule has 3 heterocycles. The van der Waals surface area contributed by atoms with Gasteiger partial charge in [0.2, 0.25) is 0 Å². The van der Waals surface area contributed by atoms with Crippen LogP contribution in [0.3, 0.4) is 0 Å². The average molecular weight is 420 g/mol. The molecule has 0 fully saturated rings. The summed E-state index contributed by atoms with van der Waals surface area (Å²) in [5.74, 6) is 2.14. The van der Waals surface area contributed by atoms with Gasteiger partial charge in [0.05, 0.1) is 0 Å². The first-order chi connectivity index (χ1) is 14.6. The summed E-state index contributed by atoms with van der Waals surface area (Å²) < 4.78 is 11.3. The minimum Gasteiger partial charge on any atom is -0.486 e. The number of para-hydroxylation sites is 1. The van der Waals surface area contributed by atoms with Gasteiger partial charge < -0.3 is 19.7 Å². The number of aromatic nitrogens is 3. The molecule has 1 aliphatic rings. The van der Waals surface area contributed by atoms with Crippen LogP contribution in [0, 0.1) is 13.8 Å². The summed E-state index contributed by atoms with van der Waals surface area (Å²) in [6.07, 6.45) is 1.56. The Morgan fingerprint density at radius 1 is 1.00 bits per heavy atom. The predicted molar refractivity (Wildman–Crippen MR) is 120 cm³/mol. The van der Waals surface area contributed by atoms with Crippen molar-refractivity contribution in [2.75, 3.05) is 30.5 Å². The van der Waals surface area contributed by atoms with Crippen LogP contribution in [0.4, 0.5) is 22.3 Å². The van der Waals surface area contributed by atoms with E-state index >= 15 is 0 Å². The van der Waals surface area contributed by atoms with Gasteiger partial charge in [-0.1, -0.05) is 29.5 Å². The second-order valence-electron chi connectivity index (χ2n) is 7.16. The van der Waals surface area contributed by atoms with Gasteiger partial charge in [-0.15, -0.1) is 0 Å². The van der Waals surface area contributed by atoms with Crippen LogP contribution in [-0.2, 0) is 0 Å². The first-order valence-electron chi connectivity index (χ1n) is 9.68. The van der Waals surface area contributed by atoms with Gasteiger partial charge in [-0.2, -0.15) is 0 Å². The Labute approximate surface area is 178 Å². The van der Waals surface area contributed by atoms with Crippen LogP contribution in [0.1, 0.15) is 11.1 Å². The number of fused-ring (bicyclic) bond motifs is 2. The van der Waals surface area contributed by atoms with Gasteiger partial charge in [-0.3, -0.25) is 0 Å². The van der Waals surface area contributed by atoms with E-state index in [9.17, 15) is 0 Å². The van der Waals surface area contributed by atoms with Crippen LogP contribution in [0.2, 0.25) is 0 Å². The number of thiazole rings is 1. The molecule has 0 saturated heterocycles. The zero-order chi connectivity index (χ0) is 20.7. The van der Waals surface area contributed by atoms with E-state index in [4.69, 9.17) is 14.5 Å². The molecule has 152 valence electrons. The average Bonchev–Trinajstić information content (AvgIpc) is 3.19. The summed E-state index contributed by atoms with van der Waals surface area (Å²) in [5.41, 5.74) is 5.17. The van der Waals surface area contributed by atoms with Gasteiger partial charge >= 0.3 is 0 Å². The molecule has 1 aliphatic heterocycles.